The van der Waals surface area contributed by atoms with Gasteiger partial charge in [-0.2, -0.15) is 0 Å². The minimum absolute atomic E-state index is 0.0442. The molecule has 0 aromatic carbocycles. The monoisotopic (exact) mass is 282 g/mol. The first kappa shape index (κ1) is 13.8. The highest BCUT2D eigenvalue weighted by molar-refractivity contribution is 6.07. The van der Waals surface area contributed by atoms with Crippen LogP contribution in [0.5, 0.6) is 0 Å². The van der Waals surface area contributed by atoms with Crippen molar-refractivity contribution in [3.8, 4) is 0 Å². The molecule has 3 aliphatic heterocycles. The molecule has 112 valence electrons. The molecule has 3 rings (SSSR count). The quantitative estimate of drug-likeness (QED) is 0.649. The van der Waals surface area contributed by atoms with E-state index in [-0.39, 0.29) is 11.9 Å². The molecule has 0 saturated carbocycles. The van der Waals surface area contributed by atoms with Crippen molar-refractivity contribution >= 4 is 11.9 Å². The molecule has 3 heterocycles. The Labute approximate surface area is 118 Å². The van der Waals surface area contributed by atoms with E-state index >= 15 is 0 Å². The Hall–Kier alpha value is -1.18. The lowest BCUT2D eigenvalue weighted by Crippen LogP contribution is -2.54. The maximum atomic E-state index is 12.5. The molecule has 2 N–H and O–H groups in total. The van der Waals surface area contributed by atoms with Crippen molar-refractivity contribution in [2.24, 2.45) is 0 Å². The number of ether oxygens (including phenoxy) is 1. The fourth-order valence-electron chi connectivity index (χ4n) is 3.14. The topological polar surface area (TPSA) is 73.9 Å². The summed E-state index contributed by atoms with van der Waals surface area (Å²) in [5.74, 6) is -0.0442. The SMILES string of the molecule is O=C1NC2(CCNCC2)C(=O)N1CCN1CCOCC1. The van der Waals surface area contributed by atoms with E-state index in [0.717, 1.165) is 45.9 Å². The molecular weight excluding hydrogens is 260 g/mol. The lowest BCUT2D eigenvalue weighted by atomic mass is 9.88. The van der Waals surface area contributed by atoms with Crippen LogP contribution < -0.4 is 10.6 Å². The Balaban J connectivity index is 1.58. The Morgan fingerprint density at radius 3 is 2.50 bits per heavy atom. The summed E-state index contributed by atoms with van der Waals surface area (Å²) in [7, 11) is 0. The zero-order chi connectivity index (χ0) is 14.0. The maximum Gasteiger partial charge on any atom is 0.325 e. The van der Waals surface area contributed by atoms with E-state index < -0.39 is 5.54 Å². The molecule has 0 aromatic heterocycles. The van der Waals surface area contributed by atoms with E-state index in [1.807, 2.05) is 0 Å². The van der Waals surface area contributed by atoms with Crippen molar-refractivity contribution in [2.75, 3.05) is 52.5 Å². The normalized spacial score (nSPS) is 27.1. The number of nitrogens with zero attached hydrogens (tertiary/aromatic N) is 2. The summed E-state index contributed by atoms with van der Waals surface area (Å²) in [6.45, 7) is 5.98. The predicted octanol–water partition coefficient (Wildman–Crippen LogP) is -1.01. The van der Waals surface area contributed by atoms with Crippen LogP contribution in [0.15, 0.2) is 0 Å². The first-order valence-corrected chi connectivity index (χ1v) is 7.36. The second-order valence-corrected chi connectivity index (χ2v) is 5.67. The molecule has 0 radical (unpaired) electrons. The summed E-state index contributed by atoms with van der Waals surface area (Å²) in [5, 5.41) is 6.14. The smallest absolute Gasteiger partial charge is 0.325 e. The zero-order valence-corrected chi connectivity index (χ0v) is 11.7. The van der Waals surface area contributed by atoms with Crippen molar-refractivity contribution in [3.05, 3.63) is 0 Å². The fourth-order valence-corrected chi connectivity index (χ4v) is 3.14. The van der Waals surface area contributed by atoms with Gasteiger partial charge in [0.1, 0.15) is 5.54 Å². The molecule has 3 amide bonds. The van der Waals surface area contributed by atoms with Gasteiger partial charge in [0, 0.05) is 26.2 Å². The Bertz CT molecular complexity index is 389. The molecule has 0 bridgehead atoms. The van der Waals surface area contributed by atoms with Crippen LogP contribution in [0.3, 0.4) is 0 Å². The summed E-state index contributed by atoms with van der Waals surface area (Å²) < 4.78 is 5.30. The van der Waals surface area contributed by atoms with Gasteiger partial charge in [0.05, 0.1) is 13.2 Å². The van der Waals surface area contributed by atoms with Gasteiger partial charge in [-0.1, -0.05) is 0 Å². The third-order valence-corrected chi connectivity index (χ3v) is 4.45. The number of hydrogen-bond donors (Lipinski definition) is 2. The van der Waals surface area contributed by atoms with Crippen LogP contribution >= 0.6 is 0 Å². The second-order valence-electron chi connectivity index (χ2n) is 5.67. The largest absolute Gasteiger partial charge is 0.379 e. The van der Waals surface area contributed by atoms with Gasteiger partial charge in [-0.15, -0.1) is 0 Å². The Morgan fingerprint density at radius 1 is 1.10 bits per heavy atom. The van der Waals surface area contributed by atoms with Crippen LogP contribution in [-0.2, 0) is 9.53 Å². The minimum atomic E-state index is -0.645. The van der Waals surface area contributed by atoms with Gasteiger partial charge in [0.2, 0.25) is 0 Å². The third-order valence-electron chi connectivity index (χ3n) is 4.45. The van der Waals surface area contributed by atoms with Crippen LogP contribution in [0.25, 0.3) is 0 Å². The average molecular weight is 282 g/mol. The van der Waals surface area contributed by atoms with Gasteiger partial charge in [0.15, 0.2) is 0 Å². The highest BCUT2D eigenvalue weighted by Crippen LogP contribution is 2.26. The van der Waals surface area contributed by atoms with Crippen molar-refractivity contribution in [2.45, 2.75) is 18.4 Å². The van der Waals surface area contributed by atoms with E-state index in [1.165, 1.54) is 4.90 Å². The summed E-state index contributed by atoms with van der Waals surface area (Å²) in [6.07, 6.45) is 1.37. The zero-order valence-electron chi connectivity index (χ0n) is 11.7. The van der Waals surface area contributed by atoms with Gasteiger partial charge in [-0.3, -0.25) is 14.6 Å². The standard InChI is InChI=1S/C13H22N4O3/c18-11-13(1-3-14-4-2-13)15-12(19)17(11)6-5-16-7-9-20-10-8-16/h14H,1-10H2,(H,15,19). The maximum absolute atomic E-state index is 12.5. The second kappa shape index (κ2) is 5.67. The number of carbonyl (C=O) groups excluding carboxylic acids is 2. The van der Waals surface area contributed by atoms with E-state index in [4.69, 9.17) is 4.74 Å². The van der Waals surface area contributed by atoms with Crippen molar-refractivity contribution in [3.63, 3.8) is 0 Å². The number of nitrogens with one attached hydrogen (secondary N) is 2. The molecule has 0 aliphatic carbocycles. The molecule has 0 aromatic rings. The van der Waals surface area contributed by atoms with E-state index in [0.29, 0.717) is 19.4 Å². The summed E-state index contributed by atoms with van der Waals surface area (Å²) in [6, 6.07) is -0.231. The van der Waals surface area contributed by atoms with Crippen LogP contribution in [-0.4, -0.2) is 79.8 Å². The molecule has 7 nitrogen and oxygen atoms in total. The van der Waals surface area contributed by atoms with Crippen LogP contribution in [0, 0.1) is 0 Å². The van der Waals surface area contributed by atoms with Crippen LogP contribution in [0.2, 0.25) is 0 Å². The van der Waals surface area contributed by atoms with Gasteiger partial charge in [-0.25, -0.2) is 4.79 Å². The number of rotatable bonds is 3. The molecule has 0 atom stereocenters. The first-order valence-electron chi connectivity index (χ1n) is 7.36. The number of morpholine rings is 1. The van der Waals surface area contributed by atoms with Gasteiger partial charge in [-0.05, 0) is 25.9 Å². The van der Waals surface area contributed by atoms with E-state index in [1.54, 1.807) is 0 Å². The molecule has 3 saturated heterocycles. The van der Waals surface area contributed by atoms with Crippen molar-refractivity contribution in [1.82, 2.24) is 20.4 Å². The highest BCUT2D eigenvalue weighted by Gasteiger charge is 2.51. The number of hydrogen-bond acceptors (Lipinski definition) is 5. The molecule has 0 unspecified atom stereocenters. The highest BCUT2D eigenvalue weighted by atomic mass is 16.5. The number of imide groups is 1. The summed E-state index contributed by atoms with van der Waals surface area (Å²) in [4.78, 5) is 28.2. The van der Waals surface area contributed by atoms with Gasteiger partial charge in [0.25, 0.3) is 5.91 Å². The number of amides is 3. The van der Waals surface area contributed by atoms with E-state index in [2.05, 4.69) is 15.5 Å². The lowest BCUT2D eigenvalue weighted by Gasteiger charge is -2.31. The number of carbonyl (C=O) groups is 2. The third kappa shape index (κ3) is 2.53. The number of urea groups is 1. The summed E-state index contributed by atoms with van der Waals surface area (Å²) in [5.41, 5.74) is -0.645. The molecule has 7 heteroatoms. The van der Waals surface area contributed by atoms with Crippen molar-refractivity contribution in [1.29, 1.82) is 0 Å². The van der Waals surface area contributed by atoms with Crippen molar-refractivity contribution < 1.29 is 14.3 Å². The minimum Gasteiger partial charge on any atom is -0.379 e. The van der Waals surface area contributed by atoms with E-state index in [9.17, 15) is 9.59 Å². The predicted molar refractivity (Wildman–Crippen MR) is 72.3 cm³/mol. The van der Waals surface area contributed by atoms with Gasteiger partial charge < -0.3 is 15.4 Å². The molecule has 3 aliphatic rings. The van der Waals surface area contributed by atoms with Gasteiger partial charge >= 0.3 is 6.03 Å². The summed E-state index contributed by atoms with van der Waals surface area (Å²) >= 11 is 0. The molecule has 3 fully saturated rings. The Kier molecular flexibility index (Phi) is 3.91. The van der Waals surface area contributed by atoms with Crippen LogP contribution in [0.4, 0.5) is 4.79 Å². The number of piperidine rings is 1. The average Bonchev–Trinajstić information content (AvgIpc) is 2.70. The lowest BCUT2D eigenvalue weighted by molar-refractivity contribution is -0.132. The molecular formula is C13H22N4O3. The molecule has 1 spiro atoms. The fraction of sp³-hybridized carbons (Fsp3) is 0.846. The Morgan fingerprint density at radius 2 is 1.80 bits per heavy atom. The first-order chi connectivity index (χ1) is 9.71. The van der Waals surface area contributed by atoms with Crippen LogP contribution in [0.1, 0.15) is 12.8 Å². The molecule has 20 heavy (non-hydrogen) atoms.